The maximum atomic E-state index is 11.5. The molecular formula is C28H44N6O5Si. The smallest absolute Gasteiger partial charge is 0.248 e. The minimum Gasteiger partial charge on any atom is -0.494 e. The van der Waals surface area contributed by atoms with Crippen LogP contribution in [0.5, 0.6) is 11.5 Å². The van der Waals surface area contributed by atoms with Crippen molar-refractivity contribution in [2.45, 2.75) is 57.8 Å². The number of primary amides is 2. The Bertz CT molecular complexity index is 1180. The number of benzene rings is 2. The molecule has 0 spiro atoms. The van der Waals surface area contributed by atoms with Gasteiger partial charge < -0.3 is 42.2 Å². The van der Waals surface area contributed by atoms with Crippen molar-refractivity contribution in [2.75, 3.05) is 31.2 Å². The second-order valence-electron chi connectivity index (χ2n) is 10.9. The lowest BCUT2D eigenvalue weighted by atomic mass is 10.1. The molecule has 0 radical (unpaired) electrons. The van der Waals surface area contributed by atoms with Crippen molar-refractivity contribution in [3.8, 4) is 11.5 Å². The van der Waals surface area contributed by atoms with Crippen molar-refractivity contribution in [1.29, 1.82) is 0 Å². The highest BCUT2D eigenvalue weighted by atomic mass is 28.4. The van der Waals surface area contributed by atoms with E-state index in [0.29, 0.717) is 47.9 Å². The Kier molecular flexibility index (Phi) is 11.6. The van der Waals surface area contributed by atoms with Crippen LogP contribution < -0.4 is 43.0 Å². The van der Waals surface area contributed by atoms with Crippen molar-refractivity contribution in [1.82, 2.24) is 5.32 Å². The van der Waals surface area contributed by atoms with Gasteiger partial charge in [-0.3, -0.25) is 14.9 Å². The molecule has 2 atom stereocenters. The molecule has 0 aromatic heterocycles. The van der Waals surface area contributed by atoms with Crippen molar-refractivity contribution in [3.05, 3.63) is 59.7 Å². The quantitative estimate of drug-likeness (QED) is 0.0805. The maximum absolute atomic E-state index is 11.5. The van der Waals surface area contributed by atoms with Crippen molar-refractivity contribution >= 4 is 31.5 Å². The van der Waals surface area contributed by atoms with Gasteiger partial charge in [-0.15, -0.1) is 0 Å². The first-order valence-corrected chi connectivity index (χ1v) is 15.9. The fraction of sp³-hybridized carbons (Fsp3) is 0.429. The molecule has 220 valence electrons. The van der Waals surface area contributed by atoms with Gasteiger partial charge in [-0.25, -0.2) is 0 Å². The average molecular weight is 573 g/mol. The summed E-state index contributed by atoms with van der Waals surface area (Å²) in [7, 11) is -0.587. The van der Waals surface area contributed by atoms with Gasteiger partial charge in [0.2, 0.25) is 11.8 Å². The molecule has 0 saturated heterocycles. The number of nitrogens with two attached hydrogens (primary N) is 4. The topological polar surface area (TPSA) is 190 Å². The van der Waals surface area contributed by atoms with Crippen LogP contribution in [0, 0.1) is 0 Å². The van der Waals surface area contributed by atoms with Gasteiger partial charge in [0.25, 0.3) is 0 Å². The number of methoxy groups -OCH3 is 1. The van der Waals surface area contributed by atoms with Crippen LogP contribution in [0.2, 0.25) is 18.1 Å². The highest BCUT2D eigenvalue weighted by molar-refractivity contribution is 6.74. The molecule has 2 aromatic rings. The monoisotopic (exact) mass is 572 g/mol. The van der Waals surface area contributed by atoms with E-state index >= 15 is 0 Å². The molecule has 2 unspecified atom stereocenters. The SMILES string of the molecule is COc1cc(C(N)=O)cc(N)c1NC/C=C/CNC(CC(N)O[Si](C)(C)C(C)(C)C)Oc1ccc(C(N)=O)cc1. The third-order valence-corrected chi connectivity index (χ3v) is 11.3. The molecule has 2 aromatic carbocycles. The number of rotatable bonds is 15. The second-order valence-corrected chi connectivity index (χ2v) is 15.7. The number of carbonyl (C=O) groups is 2. The lowest BCUT2D eigenvalue weighted by Gasteiger charge is -2.38. The van der Waals surface area contributed by atoms with Crippen LogP contribution in [0.1, 0.15) is 47.9 Å². The van der Waals surface area contributed by atoms with E-state index in [0.717, 1.165) is 0 Å². The highest BCUT2D eigenvalue weighted by Crippen LogP contribution is 2.37. The van der Waals surface area contributed by atoms with E-state index in [4.69, 9.17) is 36.8 Å². The Hall–Kier alpha value is -3.58. The largest absolute Gasteiger partial charge is 0.494 e. The Morgan fingerprint density at radius 3 is 2.15 bits per heavy atom. The fourth-order valence-electron chi connectivity index (χ4n) is 3.51. The van der Waals surface area contributed by atoms with E-state index in [1.807, 2.05) is 12.2 Å². The molecule has 2 amide bonds. The summed E-state index contributed by atoms with van der Waals surface area (Å²) in [6, 6.07) is 9.65. The minimum atomic E-state index is -2.08. The molecule has 0 saturated carbocycles. The van der Waals surface area contributed by atoms with Crippen molar-refractivity contribution in [3.63, 3.8) is 0 Å². The van der Waals surface area contributed by atoms with Crippen LogP contribution in [0.15, 0.2) is 48.6 Å². The van der Waals surface area contributed by atoms with Crippen LogP contribution in [0.25, 0.3) is 0 Å². The maximum Gasteiger partial charge on any atom is 0.248 e. The lowest BCUT2D eigenvalue weighted by Crippen LogP contribution is -2.49. The van der Waals surface area contributed by atoms with Gasteiger partial charge in [-0.05, 0) is 54.5 Å². The van der Waals surface area contributed by atoms with E-state index in [9.17, 15) is 9.59 Å². The Balaban J connectivity index is 2.04. The van der Waals surface area contributed by atoms with E-state index < -0.39 is 32.6 Å². The summed E-state index contributed by atoms with van der Waals surface area (Å²) in [5.74, 6) is -0.105. The second kappa shape index (κ2) is 14.2. The molecule has 0 heterocycles. The zero-order valence-electron chi connectivity index (χ0n) is 24.2. The summed E-state index contributed by atoms with van der Waals surface area (Å²) in [6.07, 6.45) is 3.25. The molecule has 12 heteroatoms. The molecule has 40 heavy (non-hydrogen) atoms. The molecule has 0 aliphatic rings. The van der Waals surface area contributed by atoms with Gasteiger partial charge in [0.1, 0.15) is 17.2 Å². The third kappa shape index (κ3) is 9.56. The summed E-state index contributed by atoms with van der Waals surface area (Å²) >= 11 is 0. The molecule has 0 fully saturated rings. The average Bonchev–Trinajstić information content (AvgIpc) is 2.85. The summed E-state index contributed by atoms with van der Waals surface area (Å²) in [5.41, 5.74) is 24.8. The van der Waals surface area contributed by atoms with E-state index in [2.05, 4.69) is 44.5 Å². The van der Waals surface area contributed by atoms with E-state index in [1.165, 1.54) is 13.2 Å². The van der Waals surface area contributed by atoms with Gasteiger partial charge in [0.15, 0.2) is 14.5 Å². The molecular weight excluding hydrogens is 528 g/mol. The first-order valence-electron chi connectivity index (χ1n) is 13.0. The van der Waals surface area contributed by atoms with E-state index in [-0.39, 0.29) is 10.6 Å². The zero-order chi connectivity index (χ0) is 30.1. The number of nitrogens with one attached hydrogen (secondary N) is 2. The number of carbonyl (C=O) groups excluding carboxylic acids is 2. The van der Waals surface area contributed by atoms with Crippen LogP contribution in [-0.2, 0) is 4.43 Å². The minimum absolute atomic E-state index is 0.0149. The zero-order valence-corrected chi connectivity index (χ0v) is 25.2. The van der Waals surface area contributed by atoms with Gasteiger partial charge >= 0.3 is 0 Å². The Labute approximate surface area is 237 Å². The highest BCUT2D eigenvalue weighted by Gasteiger charge is 2.39. The van der Waals surface area contributed by atoms with Gasteiger partial charge in [0, 0.05) is 30.6 Å². The molecule has 0 aliphatic heterocycles. The molecule has 10 N–H and O–H groups in total. The first-order chi connectivity index (χ1) is 18.6. The fourth-order valence-corrected chi connectivity index (χ4v) is 4.71. The summed E-state index contributed by atoms with van der Waals surface area (Å²) in [4.78, 5) is 22.9. The normalized spacial score (nSPS) is 13.6. The predicted molar refractivity (Wildman–Crippen MR) is 162 cm³/mol. The molecule has 0 bridgehead atoms. The summed E-state index contributed by atoms with van der Waals surface area (Å²) in [6.45, 7) is 11.7. The third-order valence-electron chi connectivity index (χ3n) is 6.78. The van der Waals surface area contributed by atoms with Gasteiger partial charge in [0.05, 0.1) is 19.0 Å². The van der Waals surface area contributed by atoms with Crippen LogP contribution in [0.3, 0.4) is 0 Å². The number of ether oxygens (including phenoxy) is 2. The number of anilines is 2. The summed E-state index contributed by atoms with van der Waals surface area (Å²) in [5, 5.41) is 6.55. The Morgan fingerprint density at radius 1 is 1.00 bits per heavy atom. The first kappa shape index (κ1) is 32.6. The lowest BCUT2D eigenvalue weighted by molar-refractivity contribution is 0.0868. The molecule has 0 aliphatic carbocycles. The van der Waals surface area contributed by atoms with Gasteiger partial charge in [-0.1, -0.05) is 32.9 Å². The van der Waals surface area contributed by atoms with E-state index in [1.54, 1.807) is 30.3 Å². The summed E-state index contributed by atoms with van der Waals surface area (Å²) < 4.78 is 17.8. The molecule has 11 nitrogen and oxygen atoms in total. The number of amides is 2. The number of hydrogen-bond acceptors (Lipinski definition) is 9. The number of nitrogen functional groups attached to an aromatic ring is 1. The van der Waals surface area contributed by atoms with Gasteiger partial charge in [-0.2, -0.15) is 0 Å². The van der Waals surface area contributed by atoms with Crippen LogP contribution in [0.4, 0.5) is 11.4 Å². The van der Waals surface area contributed by atoms with Crippen LogP contribution >= 0.6 is 0 Å². The number of hydrogen-bond donors (Lipinski definition) is 6. The predicted octanol–water partition coefficient (Wildman–Crippen LogP) is 3.13. The Morgan fingerprint density at radius 2 is 1.60 bits per heavy atom. The van der Waals surface area contributed by atoms with Crippen LogP contribution in [-0.4, -0.2) is 52.8 Å². The van der Waals surface area contributed by atoms with Crippen molar-refractivity contribution < 1.29 is 23.5 Å². The standard InChI is InChI=1S/C28H44N6O5Si/c1-28(2,3)40(5,6)39-23(30)17-24(38-20-11-9-18(10-12-20)26(31)35)33-13-7-8-14-34-25-21(29)15-19(27(32)36)16-22(25)37-4/h7-12,15-16,23-24,33-34H,13-14,17,29-30H2,1-6H3,(H2,31,35)(H2,32,36)/b8-7+. The molecule has 2 rings (SSSR count). The van der Waals surface area contributed by atoms with Crippen molar-refractivity contribution in [2.24, 2.45) is 17.2 Å².